The molecule has 2 aromatic carbocycles. The fourth-order valence-electron chi connectivity index (χ4n) is 4.48. The molecule has 0 spiro atoms. The van der Waals surface area contributed by atoms with Gasteiger partial charge in [-0.2, -0.15) is 10.2 Å². The maximum Gasteiger partial charge on any atom is 0.226 e. The van der Waals surface area contributed by atoms with Gasteiger partial charge in [0.05, 0.1) is 31.4 Å². The maximum absolute atomic E-state index is 11.6. The van der Waals surface area contributed by atoms with Gasteiger partial charge in [0.15, 0.2) is 5.60 Å². The SMILES string of the molecule is CC.CN(C)C.CO.COc1cc2c(c(OC)n1)[C@]1(O)CCC[C@]1(c1ccc(C#N)cc1)O2.c1ccccc1. The van der Waals surface area contributed by atoms with Crippen molar-refractivity contribution in [3.63, 3.8) is 0 Å². The molecule has 3 aromatic rings. The highest BCUT2D eigenvalue weighted by Crippen LogP contribution is 2.63. The summed E-state index contributed by atoms with van der Waals surface area (Å²) in [5, 5.41) is 27.7. The lowest BCUT2D eigenvalue weighted by molar-refractivity contribution is -0.0981. The molecule has 2 aliphatic rings. The Morgan fingerprint density at radius 3 is 1.87 bits per heavy atom. The summed E-state index contributed by atoms with van der Waals surface area (Å²) < 4.78 is 17.0. The number of aliphatic hydroxyl groups excluding tert-OH is 1. The number of hydrogen-bond donors (Lipinski definition) is 2. The van der Waals surface area contributed by atoms with E-state index in [4.69, 9.17) is 24.6 Å². The summed E-state index contributed by atoms with van der Waals surface area (Å²) in [5.74, 6) is 1.21. The van der Waals surface area contributed by atoms with Crippen LogP contribution in [0.25, 0.3) is 0 Å². The summed E-state index contributed by atoms with van der Waals surface area (Å²) in [6.07, 6.45) is 2.02. The van der Waals surface area contributed by atoms with Crippen LogP contribution in [-0.2, 0) is 11.2 Å². The highest BCUT2D eigenvalue weighted by atomic mass is 16.5. The Hall–Kier alpha value is -3.64. The number of aromatic nitrogens is 1. The van der Waals surface area contributed by atoms with Crippen molar-refractivity contribution in [3.05, 3.63) is 83.4 Å². The fraction of sp³-hybridized carbons (Fsp3) is 0.419. The summed E-state index contributed by atoms with van der Waals surface area (Å²) in [7, 11) is 10.0. The van der Waals surface area contributed by atoms with Crippen LogP contribution in [0.4, 0.5) is 0 Å². The van der Waals surface area contributed by atoms with Gasteiger partial charge in [-0.25, -0.2) is 0 Å². The van der Waals surface area contributed by atoms with Crippen LogP contribution in [0.2, 0.25) is 0 Å². The number of methoxy groups -OCH3 is 2. The van der Waals surface area contributed by atoms with Gasteiger partial charge in [0.2, 0.25) is 11.8 Å². The van der Waals surface area contributed by atoms with Gasteiger partial charge in [0.1, 0.15) is 11.4 Å². The Morgan fingerprint density at radius 2 is 1.44 bits per heavy atom. The van der Waals surface area contributed by atoms with E-state index in [1.54, 1.807) is 18.2 Å². The summed E-state index contributed by atoms with van der Waals surface area (Å²) in [4.78, 5) is 6.31. The molecule has 1 saturated carbocycles. The highest BCUT2D eigenvalue weighted by molar-refractivity contribution is 5.56. The summed E-state index contributed by atoms with van der Waals surface area (Å²) in [6.45, 7) is 4.00. The molecule has 8 nitrogen and oxygen atoms in total. The zero-order chi connectivity index (χ0) is 29.5. The molecular weight excluding hydrogens is 494 g/mol. The van der Waals surface area contributed by atoms with Gasteiger partial charge in [0.25, 0.3) is 0 Å². The van der Waals surface area contributed by atoms with Crippen LogP contribution in [0.3, 0.4) is 0 Å². The number of nitriles is 1. The number of aliphatic hydroxyl groups is 2. The van der Waals surface area contributed by atoms with Crippen LogP contribution >= 0.6 is 0 Å². The van der Waals surface area contributed by atoms with Crippen molar-refractivity contribution in [1.29, 1.82) is 5.26 Å². The van der Waals surface area contributed by atoms with E-state index >= 15 is 0 Å². The third-order valence-corrected chi connectivity index (χ3v) is 5.91. The standard InChI is InChI=1S/C19H18N2O4.C6H6.C3H9N.C2H6.CH4O/c1-23-15-10-14-16(17(21-15)24-2)18(22)8-3-9-19(18,25-14)13-6-4-12(11-20)5-7-13;1-2-4-6-5-3-1;1-4(2)3;2*1-2/h4-7,10,22H,3,8-9H2,1-2H3;1-6H;1-3H3;1-2H3;2H,1H3/t18-,19-;;;;/m1..../s1. The summed E-state index contributed by atoms with van der Waals surface area (Å²) in [5.41, 5.74) is -0.175. The van der Waals surface area contributed by atoms with Crippen molar-refractivity contribution in [3.8, 4) is 23.6 Å². The molecule has 2 atom stereocenters. The Labute approximate surface area is 233 Å². The van der Waals surface area contributed by atoms with Gasteiger partial charge in [-0.15, -0.1) is 0 Å². The molecule has 39 heavy (non-hydrogen) atoms. The Kier molecular flexibility index (Phi) is 14.0. The number of nitrogens with zero attached hydrogens (tertiary/aromatic N) is 3. The molecule has 1 fully saturated rings. The Morgan fingerprint density at radius 1 is 0.923 bits per heavy atom. The van der Waals surface area contributed by atoms with Crippen molar-refractivity contribution in [2.24, 2.45) is 0 Å². The number of fused-ring (bicyclic) bond motifs is 3. The topological polar surface area (TPSA) is 108 Å². The third kappa shape index (κ3) is 7.70. The van der Waals surface area contributed by atoms with E-state index in [1.807, 2.05) is 88.4 Å². The minimum Gasteiger partial charge on any atom is -0.481 e. The first-order valence-corrected chi connectivity index (χ1v) is 12.9. The number of benzene rings is 2. The maximum atomic E-state index is 11.6. The summed E-state index contributed by atoms with van der Waals surface area (Å²) >= 11 is 0. The molecule has 212 valence electrons. The molecule has 0 radical (unpaired) electrons. The van der Waals surface area contributed by atoms with Gasteiger partial charge in [-0.1, -0.05) is 62.4 Å². The number of rotatable bonds is 3. The van der Waals surface area contributed by atoms with E-state index < -0.39 is 11.2 Å². The monoisotopic (exact) mass is 537 g/mol. The van der Waals surface area contributed by atoms with Gasteiger partial charge >= 0.3 is 0 Å². The van der Waals surface area contributed by atoms with Gasteiger partial charge in [-0.05, 0) is 58.1 Å². The van der Waals surface area contributed by atoms with Crippen molar-refractivity contribution in [1.82, 2.24) is 9.88 Å². The molecule has 8 heteroatoms. The zero-order valence-electron chi connectivity index (χ0n) is 24.4. The van der Waals surface area contributed by atoms with Crippen molar-refractivity contribution >= 4 is 0 Å². The van der Waals surface area contributed by atoms with Crippen molar-refractivity contribution in [2.75, 3.05) is 42.5 Å². The first-order chi connectivity index (χ1) is 18.8. The molecule has 0 unspecified atom stereocenters. The molecule has 0 saturated heterocycles. The van der Waals surface area contributed by atoms with Crippen LogP contribution in [0.1, 0.15) is 49.8 Å². The lowest BCUT2D eigenvalue weighted by atomic mass is 9.78. The quantitative estimate of drug-likeness (QED) is 0.474. The first-order valence-electron chi connectivity index (χ1n) is 12.9. The van der Waals surface area contributed by atoms with Crippen LogP contribution in [-0.4, -0.2) is 62.6 Å². The van der Waals surface area contributed by atoms with Crippen molar-refractivity contribution in [2.45, 2.75) is 44.3 Å². The Bertz CT molecular complexity index is 1120. The second kappa shape index (κ2) is 16.4. The molecule has 0 amide bonds. The molecular formula is C31H43N3O5. The molecule has 2 N–H and O–H groups in total. The van der Waals surface area contributed by atoms with E-state index in [9.17, 15) is 5.11 Å². The Balaban J connectivity index is 0.000000453. The molecule has 1 aromatic heterocycles. The lowest BCUT2D eigenvalue weighted by Crippen LogP contribution is -2.44. The van der Waals surface area contributed by atoms with E-state index in [-0.39, 0.29) is 0 Å². The average Bonchev–Trinajstić information content (AvgIpc) is 3.44. The van der Waals surface area contributed by atoms with Crippen LogP contribution in [0, 0.1) is 11.3 Å². The van der Waals surface area contributed by atoms with Crippen molar-refractivity contribution < 1.29 is 24.4 Å². The van der Waals surface area contributed by atoms with Crippen LogP contribution in [0.15, 0.2) is 66.7 Å². The average molecular weight is 538 g/mol. The second-order valence-corrected chi connectivity index (χ2v) is 8.88. The van der Waals surface area contributed by atoms with E-state index in [2.05, 4.69) is 11.1 Å². The normalized spacial score (nSPS) is 19.3. The third-order valence-electron chi connectivity index (χ3n) is 5.91. The highest BCUT2D eigenvalue weighted by Gasteiger charge is 2.65. The lowest BCUT2D eigenvalue weighted by Gasteiger charge is -2.35. The van der Waals surface area contributed by atoms with Crippen LogP contribution < -0.4 is 14.2 Å². The predicted octanol–water partition coefficient (Wildman–Crippen LogP) is 5.13. The van der Waals surface area contributed by atoms with E-state index in [1.165, 1.54) is 14.2 Å². The molecule has 2 heterocycles. The number of pyridine rings is 1. The van der Waals surface area contributed by atoms with Crippen LogP contribution in [0.5, 0.6) is 17.5 Å². The first kappa shape index (κ1) is 33.4. The van der Waals surface area contributed by atoms with E-state index in [0.29, 0.717) is 41.5 Å². The van der Waals surface area contributed by atoms with Gasteiger partial charge < -0.3 is 29.3 Å². The van der Waals surface area contributed by atoms with E-state index in [0.717, 1.165) is 19.1 Å². The van der Waals surface area contributed by atoms with Gasteiger partial charge in [-0.3, -0.25) is 0 Å². The van der Waals surface area contributed by atoms with Gasteiger partial charge in [0, 0.05) is 13.2 Å². The second-order valence-electron chi connectivity index (χ2n) is 8.88. The largest absolute Gasteiger partial charge is 0.481 e. The zero-order valence-corrected chi connectivity index (χ0v) is 24.4. The predicted molar refractivity (Wildman–Crippen MR) is 154 cm³/mol. The fourth-order valence-corrected chi connectivity index (χ4v) is 4.48. The molecule has 0 bridgehead atoms. The minimum absolute atomic E-state index is 0.314. The molecule has 5 rings (SSSR count). The number of ether oxygens (including phenoxy) is 3. The summed E-state index contributed by atoms with van der Waals surface area (Å²) in [6, 6.07) is 23.0. The number of hydrogen-bond acceptors (Lipinski definition) is 8. The smallest absolute Gasteiger partial charge is 0.226 e. The molecule has 1 aliphatic carbocycles. The minimum atomic E-state index is -1.24. The molecule has 1 aliphatic heterocycles.